The molecule has 0 fully saturated rings. The van der Waals surface area contributed by atoms with Crippen molar-refractivity contribution in [1.29, 1.82) is 0 Å². The molecule has 0 saturated heterocycles. The molecule has 6 heteroatoms. The molecule has 1 aliphatic rings. The van der Waals surface area contributed by atoms with E-state index < -0.39 is 0 Å². The zero-order valence-corrected chi connectivity index (χ0v) is 12.8. The summed E-state index contributed by atoms with van der Waals surface area (Å²) < 4.78 is 9.91. The number of thiophene rings is 1. The van der Waals surface area contributed by atoms with E-state index in [1.165, 1.54) is 7.11 Å². The van der Waals surface area contributed by atoms with E-state index in [4.69, 9.17) is 9.47 Å². The Bertz CT molecular complexity index is 523. The van der Waals surface area contributed by atoms with Gasteiger partial charge in [0, 0.05) is 16.3 Å². The van der Waals surface area contributed by atoms with Crippen molar-refractivity contribution in [2.75, 3.05) is 20.3 Å². The minimum absolute atomic E-state index is 0.274. The van der Waals surface area contributed by atoms with Crippen LogP contribution >= 0.6 is 11.3 Å². The van der Waals surface area contributed by atoms with Crippen LogP contribution in [0.5, 0.6) is 0 Å². The Balaban J connectivity index is 2.28. The fourth-order valence-corrected chi connectivity index (χ4v) is 3.72. The van der Waals surface area contributed by atoms with Crippen LogP contribution in [-0.2, 0) is 28.9 Å². The monoisotopic (exact) mass is 297 g/mol. The van der Waals surface area contributed by atoms with Gasteiger partial charge in [0.1, 0.15) is 0 Å². The molecule has 110 valence electrons. The maximum atomic E-state index is 11.9. The summed E-state index contributed by atoms with van der Waals surface area (Å²) in [5.41, 5.74) is 1.75. The van der Waals surface area contributed by atoms with Crippen molar-refractivity contribution in [2.24, 2.45) is 0 Å². The first-order chi connectivity index (χ1) is 9.62. The highest BCUT2D eigenvalue weighted by molar-refractivity contribution is 7.12. The van der Waals surface area contributed by atoms with Gasteiger partial charge in [-0.3, -0.25) is 0 Å². The van der Waals surface area contributed by atoms with Crippen LogP contribution in [0.3, 0.4) is 0 Å². The minimum atomic E-state index is -0.288. The van der Waals surface area contributed by atoms with Crippen LogP contribution in [0, 0.1) is 0 Å². The quantitative estimate of drug-likeness (QED) is 0.805. The lowest BCUT2D eigenvalue weighted by atomic mass is 10.0. The van der Waals surface area contributed by atoms with Gasteiger partial charge in [0.15, 0.2) is 0 Å². The number of fused-ring (bicyclic) bond motifs is 1. The van der Waals surface area contributed by atoms with Gasteiger partial charge in [-0.05, 0) is 25.3 Å². The predicted molar refractivity (Wildman–Crippen MR) is 76.2 cm³/mol. The van der Waals surface area contributed by atoms with Crippen LogP contribution in [0.15, 0.2) is 0 Å². The number of hydrogen-bond acceptors (Lipinski definition) is 5. The molecule has 5 nitrogen and oxygen atoms in total. The van der Waals surface area contributed by atoms with Crippen molar-refractivity contribution in [1.82, 2.24) is 4.90 Å². The summed E-state index contributed by atoms with van der Waals surface area (Å²) in [7, 11) is 1.40. The summed E-state index contributed by atoms with van der Waals surface area (Å²) >= 11 is 1.59. The summed E-state index contributed by atoms with van der Waals surface area (Å²) in [5.74, 6) is -0.274. The third-order valence-corrected chi connectivity index (χ3v) is 4.73. The second-order valence-corrected chi connectivity index (χ2v) is 5.71. The summed E-state index contributed by atoms with van der Waals surface area (Å²) in [6.07, 6.45) is 1.18. The molecule has 0 atom stereocenters. The molecule has 0 bridgehead atoms. The van der Waals surface area contributed by atoms with E-state index in [1.54, 1.807) is 23.2 Å². The minimum Gasteiger partial charge on any atom is -0.465 e. The van der Waals surface area contributed by atoms with E-state index in [9.17, 15) is 9.59 Å². The Hall–Kier alpha value is -1.56. The second-order valence-electron chi connectivity index (χ2n) is 4.52. The van der Waals surface area contributed by atoms with Gasteiger partial charge in [0.05, 0.1) is 25.8 Å². The highest BCUT2D eigenvalue weighted by Crippen LogP contribution is 2.34. The molecule has 0 unspecified atom stereocenters. The number of amides is 1. The lowest BCUT2D eigenvalue weighted by Crippen LogP contribution is -2.36. The summed E-state index contributed by atoms with van der Waals surface area (Å²) in [4.78, 5) is 27.5. The number of nitrogens with zero attached hydrogens (tertiary/aromatic N) is 1. The molecule has 0 N–H and O–H groups in total. The van der Waals surface area contributed by atoms with Crippen LogP contribution in [-0.4, -0.2) is 37.2 Å². The normalized spacial score (nSPS) is 13.8. The number of methoxy groups -OCH3 is 1. The standard InChI is InChI=1S/C14H19NO4S/c1-4-10-12(13(16)18-3)9-6-7-15(8-11(9)20-10)14(17)19-5-2/h4-8H2,1-3H3. The van der Waals surface area contributed by atoms with E-state index in [2.05, 4.69) is 0 Å². The smallest absolute Gasteiger partial charge is 0.410 e. The van der Waals surface area contributed by atoms with Crippen molar-refractivity contribution in [3.8, 4) is 0 Å². The van der Waals surface area contributed by atoms with Crippen molar-refractivity contribution >= 4 is 23.4 Å². The van der Waals surface area contributed by atoms with Crippen molar-refractivity contribution in [3.05, 3.63) is 20.9 Å². The molecule has 20 heavy (non-hydrogen) atoms. The number of rotatable bonds is 3. The maximum absolute atomic E-state index is 11.9. The third kappa shape index (κ3) is 2.65. The average molecular weight is 297 g/mol. The molecule has 2 rings (SSSR count). The molecule has 1 aromatic rings. The van der Waals surface area contributed by atoms with Gasteiger partial charge in [-0.2, -0.15) is 0 Å². The fourth-order valence-electron chi connectivity index (χ4n) is 2.42. The van der Waals surface area contributed by atoms with Crippen LogP contribution < -0.4 is 0 Å². The van der Waals surface area contributed by atoms with Gasteiger partial charge >= 0.3 is 12.1 Å². The maximum Gasteiger partial charge on any atom is 0.410 e. The molecular weight excluding hydrogens is 278 g/mol. The topological polar surface area (TPSA) is 55.8 Å². The van der Waals surface area contributed by atoms with Crippen molar-refractivity contribution in [2.45, 2.75) is 33.2 Å². The van der Waals surface area contributed by atoms with Gasteiger partial charge in [0.25, 0.3) is 0 Å². The van der Waals surface area contributed by atoms with Crippen LogP contribution in [0.1, 0.15) is 39.5 Å². The van der Waals surface area contributed by atoms with E-state index in [0.717, 1.165) is 21.7 Å². The Labute approximate surface area is 122 Å². The van der Waals surface area contributed by atoms with Crippen LogP contribution in [0.25, 0.3) is 0 Å². The van der Waals surface area contributed by atoms with E-state index in [0.29, 0.717) is 31.7 Å². The highest BCUT2D eigenvalue weighted by atomic mass is 32.1. The summed E-state index contributed by atoms with van der Waals surface area (Å²) in [6.45, 7) is 5.29. The summed E-state index contributed by atoms with van der Waals surface area (Å²) in [6, 6.07) is 0. The Morgan fingerprint density at radius 1 is 1.35 bits per heavy atom. The van der Waals surface area contributed by atoms with Gasteiger partial charge in [0.2, 0.25) is 0 Å². The average Bonchev–Trinajstić information content (AvgIpc) is 2.84. The highest BCUT2D eigenvalue weighted by Gasteiger charge is 2.29. The second kappa shape index (κ2) is 6.26. The first-order valence-corrected chi connectivity index (χ1v) is 7.57. The number of ether oxygens (including phenoxy) is 2. The molecule has 0 aromatic carbocycles. The molecule has 0 saturated carbocycles. The van der Waals surface area contributed by atoms with Crippen molar-refractivity contribution in [3.63, 3.8) is 0 Å². The van der Waals surface area contributed by atoms with E-state index >= 15 is 0 Å². The lowest BCUT2D eigenvalue weighted by molar-refractivity contribution is 0.0598. The predicted octanol–water partition coefficient (Wildman–Crippen LogP) is 2.61. The van der Waals surface area contributed by atoms with Gasteiger partial charge in [-0.25, -0.2) is 9.59 Å². The number of esters is 1. The first kappa shape index (κ1) is 14.8. The Morgan fingerprint density at radius 2 is 2.10 bits per heavy atom. The third-order valence-electron chi connectivity index (χ3n) is 3.37. The molecule has 2 heterocycles. The van der Waals surface area contributed by atoms with Gasteiger partial charge in [-0.15, -0.1) is 11.3 Å². The lowest BCUT2D eigenvalue weighted by Gasteiger charge is -2.26. The van der Waals surface area contributed by atoms with Crippen LogP contribution in [0.4, 0.5) is 4.79 Å². The zero-order valence-electron chi connectivity index (χ0n) is 12.0. The molecule has 0 aliphatic carbocycles. The van der Waals surface area contributed by atoms with Crippen LogP contribution in [0.2, 0.25) is 0 Å². The number of hydrogen-bond donors (Lipinski definition) is 0. The van der Waals surface area contributed by atoms with E-state index in [1.807, 2.05) is 6.92 Å². The molecular formula is C14H19NO4S. The Kier molecular flexibility index (Phi) is 4.65. The van der Waals surface area contributed by atoms with E-state index in [-0.39, 0.29) is 12.1 Å². The number of aryl methyl sites for hydroxylation is 1. The van der Waals surface area contributed by atoms with Gasteiger partial charge in [-0.1, -0.05) is 6.92 Å². The molecule has 1 aromatic heterocycles. The molecule has 1 aliphatic heterocycles. The van der Waals surface area contributed by atoms with Crippen molar-refractivity contribution < 1.29 is 19.1 Å². The number of carbonyl (C=O) groups is 2. The molecule has 0 radical (unpaired) electrons. The summed E-state index contributed by atoms with van der Waals surface area (Å²) in [5, 5.41) is 0. The first-order valence-electron chi connectivity index (χ1n) is 6.75. The SMILES string of the molecule is CCOC(=O)N1CCc2c(sc(CC)c2C(=O)OC)C1. The molecule has 0 spiro atoms. The largest absolute Gasteiger partial charge is 0.465 e. The fraction of sp³-hybridized carbons (Fsp3) is 0.571. The van der Waals surface area contributed by atoms with Gasteiger partial charge < -0.3 is 14.4 Å². The number of carbonyl (C=O) groups excluding carboxylic acids is 2. The Morgan fingerprint density at radius 3 is 2.70 bits per heavy atom. The molecule has 1 amide bonds. The zero-order chi connectivity index (χ0) is 14.7.